The van der Waals surface area contributed by atoms with Crippen LogP contribution in [0.5, 0.6) is 0 Å². The van der Waals surface area contributed by atoms with E-state index in [9.17, 15) is 4.79 Å². The monoisotopic (exact) mass is 443 g/mol. The number of hydrogen-bond donors (Lipinski definition) is 2. The van der Waals surface area contributed by atoms with Crippen LogP contribution in [0.1, 0.15) is 39.0 Å². The molecule has 8 nitrogen and oxygen atoms in total. The molecule has 0 amide bonds. The van der Waals surface area contributed by atoms with Gasteiger partial charge in [-0.1, -0.05) is 76.2 Å². The van der Waals surface area contributed by atoms with Crippen molar-refractivity contribution >= 4 is 27.8 Å². The Morgan fingerprint density at radius 3 is 2.45 bits per heavy atom. The Morgan fingerprint density at radius 1 is 0.939 bits per heavy atom. The zero-order valence-electron chi connectivity index (χ0n) is 19.4. The molecule has 0 unspecified atom stereocenters. The third-order valence-electron chi connectivity index (χ3n) is 4.73. The highest BCUT2D eigenvalue weighted by molar-refractivity contribution is 5.85. The van der Waals surface area contributed by atoms with Gasteiger partial charge in [-0.2, -0.15) is 10.2 Å². The van der Waals surface area contributed by atoms with E-state index in [-0.39, 0.29) is 5.56 Å². The first-order valence-electron chi connectivity index (χ1n) is 11.2. The average Bonchev–Trinajstić information content (AvgIpc) is 3.27. The molecule has 0 spiro atoms. The number of hydrogen-bond acceptors (Lipinski definition) is 6. The lowest BCUT2D eigenvalue weighted by Crippen LogP contribution is -2.22. The molecule has 170 valence electrons. The molecular weight excluding hydrogens is 414 g/mol. The molecule has 0 radical (unpaired) electrons. The fourth-order valence-corrected chi connectivity index (χ4v) is 3.28. The minimum atomic E-state index is -0.182. The van der Waals surface area contributed by atoms with Gasteiger partial charge in [0.15, 0.2) is 11.3 Å². The Balaban J connectivity index is 0.000000728. The summed E-state index contributed by atoms with van der Waals surface area (Å²) in [6.45, 7) is 8.86. The zero-order valence-corrected chi connectivity index (χ0v) is 19.4. The molecule has 0 saturated carbocycles. The molecule has 0 aliphatic heterocycles. The maximum absolute atomic E-state index is 12.4. The highest BCUT2D eigenvalue weighted by Crippen LogP contribution is 2.19. The summed E-state index contributed by atoms with van der Waals surface area (Å²) in [6, 6.07) is 19.1. The average molecular weight is 444 g/mol. The number of nitrogens with zero attached hydrogens (tertiary/aromatic N) is 5. The summed E-state index contributed by atoms with van der Waals surface area (Å²) in [5, 5.41) is 15.9. The van der Waals surface area contributed by atoms with E-state index in [0.717, 1.165) is 22.2 Å². The van der Waals surface area contributed by atoms with Crippen molar-refractivity contribution in [2.45, 2.75) is 40.8 Å². The fourth-order valence-electron chi connectivity index (χ4n) is 3.28. The highest BCUT2D eigenvalue weighted by Gasteiger charge is 2.12. The number of anilines is 1. The number of benzene rings is 2. The quantitative estimate of drug-likeness (QED) is 0.405. The summed E-state index contributed by atoms with van der Waals surface area (Å²) in [7, 11) is 0. The molecule has 5 rings (SSSR count). The van der Waals surface area contributed by atoms with Crippen LogP contribution in [-0.4, -0.2) is 29.9 Å². The molecule has 2 aromatic carbocycles. The smallest absolute Gasteiger partial charge is 0.269 e. The van der Waals surface area contributed by atoms with E-state index >= 15 is 0 Å². The highest BCUT2D eigenvalue weighted by atomic mass is 16.1. The Kier molecular flexibility index (Phi) is 8.24. The molecule has 0 bridgehead atoms. The van der Waals surface area contributed by atoms with Gasteiger partial charge in [-0.3, -0.25) is 9.89 Å². The lowest BCUT2D eigenvalue weighted by atomic mass is 10.2. The molecule has 0 atom stereocenters. The van der Waals surface area contributed by atoms with E-state index in [4.69, 9.17) is 0 Å². The molecular formula is C25H29N7O. The van der Waals surface area contributed by atoms with Crippen LogP contribution in [-0.2, 0) is 13.1 Å². The number of rotatable bonds is 5. The number of nitrogens with one attached hydrogen (secondary N) is 2. The molecule has 0 aliphatic carbocycles. The van der Waals surface area contributed by atoms with Gasteiger partial charge >= 0.3 is 0 Å². The van der Waals surface area contributed by atoms with E-state index < -0.39 is 0 Å². The van der Waals surface area contributed by atoms with Crippen molar-refractivity contribution in [3.05, 3.63) is 88.6 Å². The normalized spacial score (nSPS) is 10.2. The standard InChI is InChI=1S/C21H17N7O.2C2H6/c29-19-10-17-20(27-28(19)12-14-6-2-1-3-7-14)21(26-25-17)22-11-18-15-8-4-5-9-16(15)23-13-24-18;2*1-2/h1-10,13,25H,11-12H2,(H,22,26);2*1-2H3. The number of fused-ring (bicyclic) bond motifs is 2. The van der Waals surface area contributed by atoms with E-state index in [1.54, 1.807) is 6.33 Å². The second-order valence-electron chi connectivity index (χ2n) is 6.65. The molecule has 8 heteroatoms. The van der Waals surface area contributed by atoms with Crippen LogP contribution < -0.4 is 10.9 Å². The lowest BCUT2D eigenvalue weighted by molar-refractivity contribution is 0.653. The van der Waals surface area contributed by atoms with Crippen LogP contribution in [0.25, 0.3) is 21.9 Å². The van der Waals surface area contributed by atoms with Gasteiger partial charge in [0.25, 0.3) is 5.56 Å². The van der Waals surface area contributed by atoms with Crippen molar-refractivity contribution in [1.82, 2.24) is 29.9 Å². The molecule has 0 fully saturated rings. The Labute approximate surface area is 192 Å². The number of para-hydroxylation sites is 1. The van der Waals surface area contributed by atoms with Gasteiger partial charge in [0.1, 0.15) is 6.33 Å². The van der Waals surface area contributed by atoms with Crippen LogP contribution in [0.2, 0.25) is 0 Å². The summed E-state index contributed by atoms with van der Waals surface area (Å²) >= 11 is 0. The minimum absolute atomic E-state index is 0.182. The van der Waals surface area contributed by atoms with Gasteiger partial charge in [-0.05, 0) is 11.6 Å². The first-order valence-corrected chi connectivity index (χ1v) is 11.2. The van der Waals surface area contributed by atoms with Crippen molar-refractivity contribution in [3.63, 3.8) is 0 Å². The molecule has 0 aliphatic rings. The largest absolute Gasteiger partial charge is 0.361 e. The van der Waals surface area contributed by atoms with E-state index in [1.165, 1.54) is 10.7 Å². The van der Waals surface area contributed by atoms with Crippen molar-refractivity contribution < 1.29 is 0 Å². The van der Waals surface area contributed by atoms with E-state index in [0.29, 0.717) is 29.9 Å². The first kappa shape index (κ1) is 23.6. The molecule has 3 aromatic heterocycles. The van der Waals surface area contributed by atoms with Crippen LogP contribution in [0, 0.1) is 0 Å². The second-order valence-corrected chi connectivity index (χ2v) is 6.65. The summed E-state index contributed by atoms with van der Waals surface area (Å²) in [5.74, 6) is 0.574. The van der Waals surface area contributed by atoms with Gasteiger partial charge in [0, 0.05) is 11.5 Å². The molecule has 5 aromatic rings. The summed E-state index contributed by atoms with van der Waals surface area (Å²) in [4.78, 5) is 21.1. The predicted octanol–water partition coefficient (Wildman–Crippen LogP) is 4.78. The maximum atomic E-state index is 12.4. The third-order valence-corrected chi connectivity index (χ3v) is 4.73. The van der Waals surface area contributed by atoms with Crippen molar-refractivity contribution in [2.24, 2.45) is 0 Å². The Bertz CT molecular complexity index is 1350. The van der Waals surface area contributed by atoms with Gasteiger partial charge in [-0.15, -0.1) is 0 Å². The number of aromatic nitrogens is 6. The number of aromatic amines is 1. The number of H-pyrrole nitrogens is 1. The minimum Gasteiger partial charge on any atom is -0.361 e. The summed E-state index contributed by atoms with van der Waals surface area (Å²) < 4.78 is 1.44. The Morgan fingerprint density at radius 2 is 1.67 bits per heavy atom. The van der Waals surface area contributed by atoms with Gasteiger partial charge < -0.3 is 5.32 Å². The van der Waals surface area contributed by atoms with Crippen molar-refractivity contribution in [2.75, 3.05) is 5.32 Å². The fraction of sp³-hybridized carbons (Fsp3) is 0.240. The molecule has 2 N–H and O–H groups in total. The van der Waals surface area contributed by atoms with Gasteiger partial charge in [-0.25, -0.2) is 14.6 Å². The predicted molar refractivity (Wildman–Crippen MR) is 133 cm³/mol. The zero-order chi connectivity index (χ0) is 23.6. The van der Waals surface area contributed by atoms with Crippen LogP contribution in [0.3, 0.4) is 0 Å². The summed E-state index contributed by atoms with van der Waals surface area (Å²) in [6.07, 6.45) is 1.55. The second kappa shape index (κ2) is 11.5. The maximum Gasteiger partial charge on any atom is 0.269 e. The lowest BCUT2D eigenvalue weighted by Gasteiger charge is -2.07. The topological polar surface area (TPSA) is 101 Å². The third kappa shape index (κ3) is 5.41. The van der Waals surface area contributed by atoms with Crippen LogP contribution in [0.4, 0.5) is 5.82 Å². The van der Waals surface area contributed by atoms with E-state index in [2.05, 4.69) is 30.6 Å². The molecule has 0 saturated heterocycles. The molecule has 3 heterocycles. The van der Waals surface area contributed by atoms with Crippen LogP contribution >= 0.6 is 0 Å². The summed E-state index contributed by atoms with van der Waals surface area (Å²) in [5.41, 5.74) is 3.78. The van der Waals surface area contributed by atoms with Crippen molar-refractivity contribution in [1.29, 1.82) is 0 Å². The van der Waals surface area contributed by atoms with Crippen LogP contribution in [0.15, 0.2) is 71.8 Å². The molecule has 33 heavy (non-hydrogen) atoms. The SMILES string of the molecule is CC.CC.O=c1cc2[nH]nc(NCc3ncnc4ccccc34)c2nn1Cc1ccccc1. The van der Waals surface area contributed by atoms with Gasteiger partial charge in [0.2, 0.25) is 0 Å². The van der Waals surface area contributed by atoms with Gasteiger partial charge in [0.05, 0.1) is 29.8 Å². The first-order chi connectivity index (χ1) is 16.3. The van der Waals surface area contributed by atoms with E-state index in [1.807, 2.05) is 82.3 Å². The Hall–Kier alpha value is -4.07. The van der Waals surface area contributed by atoms with Crippen molar-refractivity contribution in [3.8, 4) is 0 Å².